The molecule has 2 N–H and O–H groups in total. The van der Waals surface area contributed by atoms with E-state index in [1.807, 2.05) is 25.9 Å². The number of aliphatic carboxylic acids is 1. The second-order valence-corrected chi connectivity index (χ2v) is 5.16. The number of carboxylic acid groups (broad SMARTS) is 1. The number of hydrogen-bond acceptors (Lipinski definition) is 4. The monoisotopic (exact) mass is 273 g/mol. The Kier molecular flexibility index (Phi) is 9.16. The van der Waals surface area contributed by atoms with Crippen molar-refractivity contribution in [3.05, 3.63) is 0 Å². The molecule has 1 atom stereocenters. The minimum absolute atomic E-state index is 0.108. The van der Waals surface area contributed by atoms with Crippen molar-refractivity contribution in [1.82, 2.24) is 15.1 Å². The molecule has 0 aliphatic heterocycles. The van der Waals surface area contributed by atoms with Crippen molar-refractivity contribution in [3.8, 4) is 0 Å². The van der Waals surface area contributed by atoms with Gasteiger partial charge in [0.25, 0.3) is 0 Å². The second-order valence-electron chi connectivity index (χ2n) is 5.16. The molecule has 0 aliphatic rings. The first kappa shape index (κ1) is 17.9. The van der Waals surface area contributed by atoms with Crippen molar-refractivity contribution >= 4 is 11.9 Å². The standard InChI is InChI=1S/C13H27N3O3/c1-5-6-11(2)14-12(17)9-16(10-13(18)19)8-7-15(3)4/h11H,5-10H2,1-4H3,(H,14,17)(H,18,19). The van der Waals surface area contributed by atoms with Gasteiger partial charge >= 0.3 is 5.97 Å². The molecule has 0 radical (unpaired) electrons. The number of hydrogen-bond donors (Lipinski definition) is 2. The van der Waals surface area contributed by atoms with E-state index in [2.05, 4.69) is 12.2 Å². The van der Waals surface area contributed by atoms with Crippen LogP contribution in [0.15, 0.2) is 0 Å². The van der Waals surface area contributed by atoms with Crippen LogP contribution in [0.2, 0.25) is 0 Å². The minimum Gasteiger partial charge on any atom is -0.480 e. The molecule has 0 fully saturated rings. The van der Waals surface area contributed by atoms with Crippen LogP contribution >= 0.6 is 0 Å². The number of amides is 1. The topological polar surface area (TPSA) is 72.9 Å². The molecule has 19 heavy (non-hydrogen) atoms. The fourth-order valence-electron chi connectivity index (χ4n) is 1.78. The van der Waals surface area contributed by atoms with Crippen LogP contribution in [-0.4, -0.2) is 73.1 Å². The third kappa shape index (κ3) is 10.5. The summed E-state index contributed by atoms with van der Waals surface area (Å²) in [6.45, 7) is 5.34. The summed E-state index contributed by atoms with van der Waals surface area (Å²) in [6.07, 6.45) is 1.95. The van der Waals surface area contributed by atoms with Gasteiger partial charge in [0, 0.05) is 19.1 Å². The van der Waals surface area contributed by atoms with Crippen molar-refractivity contribution in [2.75, 3.05) is 40.3 Å². The van der Waals surface area contributed by atoms with Crippen molar-refractivity contribution in [1.29, 1.82) is 0 Å². The van der Waals surface area contributed by atoms with Gasteiger partial charge in [-0.1, -0.05) is 13.3 Å². The maximum absolute atomic E-state index is 11.8. The number of rotatable bonds is 10. The lowest BCUT2D eigenvalue weighted by Crippen LogP contribution is -2.44. The number of nitrogens with zero attached hydrogens (tertiary/aromatic N) is 2. The lowest BCUT2D eigenvalue weighted by Gasteiger charge is -2.22. The van der Waals surface area contributed by atoms with Crippen molar-refractivity contribution < 1.29 is 14.7 Å². The third-order valence-corrected chi connectivity index (χ3v) is 2.72. The zero-order chi connectivity index (χ0) is 14.8. The van der Waals surface area contributed by atoms with E-state index in [-0.39, 0.29) is 25.0 Å². The lowest BCUT2D eigenvalue weighted by atomic mass is 10.2. The van der Waals surface area contributed by atoms with Crippen molar-refractivity contribution in [2.24, 2.45) is 0 Å². The van der Waals surface area contributed by atoms with E-state index in [0.717, 1.165) is 19.4 Å². The summed E-state index contributed by atoms with van der Waals surface area (Å²) in [6, 6.07) is 0.137. The fraction of sp³-hybridized carbons (Fsp3) is 0.846. The molecule has 0 heterocycles. The Morgan fingerprint density at radius 1 is 1.21 bits per heavy atom. The largest absolute Gasteiger partial charge is 0.480 e. The molecule has 0 aliphatic carbocycles. The molecule has 112 valence electrons. The Hall–Kier alpha value is -1.14. The van der Waals surface area contributed by atoms with Gasteiger partial charge in [-0.05, 0) is 27.4 Å². The van der Waals surface area contributed by atoms with Crippen LogP contribution in [-0.2, 0) is 9.59 Å². The van der Waals surface area contributed by atoms with Gasteiger partial charge in [-0.2, -0.15) is 0 Å². The number of nitrogens with one attached hydrogen (secondary N) is 1. The summed E-state index contributed by atoms with van der Waals surface area (Å²) >= 11 is 0. The molecular formula is C13H27N3O3. The first-order valence-corrected chi connectivity index (χ1v) is 6.73. The van der Waals surface area contributed by atoms with Gasteiger partial charge in [0.2, 0.25) is 5.91 Å². The molecule has 6 nitrogen and oxygen atoms in total. The van der Waals surface area contributed by atoms with E-state index < -0.39 is 5.97 Å². The van der Waals surface area contributed by atoms with E-state index >= 15 is 0 Å². The molecule has 0 aromatic carbocycles. The molecular weight excluding hydrogens is 246 g/mol. The zero-order valence-corrected chi connectivity index (χ0v) is 12.5. The Labute approximate surface area is 115 Å². The normalized spacial score (nSPS) is 12.7. The highest BCUT2D eigenvalue weighted by molar-refractivity contribution is 5.79. The van der Waals surface area contributed by atoms with Gasteiger partial charge in [-0.25, -0.2) is 0 Å². The van der Waals surface area contributed by atoms with Gasteiger partial charge in [-0.15, -0.1) is 0 Å². The maximum Gasteiger partial charge on any atom is 0.317 e. The average molecular weight is 273 g/mol. The molecule has 0 spiro atoms. The lowest BCUT2D eigenvalue weighted by molar-refractivity contribution is -0.138. The Bertz CT molecular complexity index is 282. The number of carbonyl (C=O) groups excluding carboxylic acids is 1. The van der Waals surface area contributed by atoms with E-state index in [0.29, 0.717) is 6.54 Å². The summed E-state index contributed by atoms with van der Waals surface area (Å²) in [5.74, 6) is -1.02. The van der Waals surface area contributed by atoms with E-state index in [9.17, 15) is 9.59 Å². The van der Waals surface area contributed by atoms with E-state index in [4.69, 9.17) is 5.11 Å². The van der Waals surface area contributed by atoms with Crippen molar-refractivity contribution in [2.45, 2.75) is 32.7 Å². The summed E-state index contributed by atoms with van der Waals surface area (Å²) in [7, 11) is 3.84. The van der Waals surface area contributed by atoms with Crippen LogP contribution in [0.4, 0.5) is 0 Å². The van der Waals surface area contributed by atoms with Crippen LogP contribution in [0.5, 0.6) is 0 Å². The first-order chi connectivity index (χ1) is 8.85. The Morgan fingerprint density at radius 2 is 1.84 bits per heavy atom. The SMILES string of the molecule is CCCC(C)NC(=O)CN(CCN(C)C)CC(=O)O. The van der Waals surface area contributed by atoms with Gasteiger partial charge in [0.05, 0.1) is 13.1 Å². The minimum atomic E-state index is -0.909. The van der Waals surface area contributed by atoms with Gasteiger partial charge in [0.1, 0.15) is 0 Å². The molecule has 1 unspecified atom stereocenters. The molecule has 0 aromatic heterocycles. The number of carbonyl (C=O) groups is 2. The quantitative estimate of drug-likeness (QED) is 0.596. The highest BCUT2D eigenvalue weighted by Crippen LogP contribution is 1.96. The molecule has 1 amide bonds. The summed E-state index contributed by atoms with van der Waals surface area (Å²) in [5.41, 5.74) is 0. The van der Waals surface area contributed by atoms with Crippen molar-refractivity contribution in [3.63, 3.8) is 0 Å². The number of carboxylic acids is 1. The molecule has 0 bridgehead atoms. The van der Waals surface area contributed by atoms with Crippen LogP contribution < -0.4 is 5.32 Å². The summed E-state index contributed by atoms with van der Waals surface area (Å²) < 4.78 is 0. The molecule has 6 heteroatoms. The first-order valence-electron chi connectivity index (χ1n) is 6.73. The molecule has 0 rings (SSSR count). The zero-order valence-electron chi connectivity index (χ0n) is 12.5. The molecule has 0 aromatic rings. The van der Waals surface area contributed by atoms with Gasteiger partial charge in [-0.3, -0.25) is 14.5 Å². The summed E-state index contributed by atoms with van der Waals surface area (Å²) in [5, 5.41) is 11.7. The van der Waals surface area contributed by atoms with Crippen LogP contribution in [0.25, 0.3) is 0 Å². The average Bonchev–Trinajstić information content (AvgIpc) is 2.25. The highest BCUT2D eigenvalue weighted by atomic mass is 16.4. The van der Waals surface area contributed by atoms with Gasteiger partial charge < -0.3 is 15.3 Å². The second kappa shape index (κ2) is 9.75. The van der Waals surface area contributed by atoms with Crippen LogP contribution in [0.1, 0.15) is 26.7 Å². The Balaban J connectivity index is 4.21. The fourth-order valence-corrected chi connectivity index (χ4v) is 1.78. The van der Waals surface area contributed by atoms with E-state index in [1.165, 1.54) is 0 Å². The van der Waals surface area contributed by atoms with E-state index in [1.54, 1.807) is 4.90 Å². The predicted molar refractivity (Wildman–Crippen MR) is 75.1 cm³/mol. The Morgan fingerprint density at radius 3 is 2.32 bits per heavy atom. The smallest absolute Gasteiger partial charge is 0.317 e. The molecule has 0 saturated heterocycles. The van der Waals surface area contributed by atoms with Crippen LogP contribution in [0, 0.1) is 0 Å². The number of likely N-dealkylation sites (N-methyl/N-ethyl adjacent to an activating group) is 1. The van der Waals surface area contributed by atoms with Crippen LogP contribution in [0.3, 0.4) is 0 Å². The molecule has 0 saturated carbocycles. The third-order valence-electron chi connectivity index (χ3n) is 2.72. The highest BCUT2D eigenvalue weighted by Gasteiger charge is 2.15. The maximum atomic E-state index is 11.8. The predicted octanol–water partition coefficient (Wildman–Crippen LogP) is 0.239. The van der Waals surface area contributed by atoms with Gasteiger partial charge in [0.15, 0.2) is 0 Å². The summed E-state index contributed by atoms with van der Waals surface area (Å²) in [4.78, 5) is 26.2.